The molecule has 0 amide bonds. The highest BCUT2D eigenvalue weighted by atomic mass is 28.4. The molecule has 3 nitrogen and oxygen atoms in total. The minimum Gasteiger partial charge on any atom is -0.409 e. The number of hydrogen-bond acceptors (Lipinski definition) is 3. The van der Waals surface area contributed by atoms with E-state index in [1.165, 1.54) is 12.1 Å². The summed E-state index contributed by atoms with van der Waals surface area (Å²) in [5.74, 6) is 0.178. The monoisotopic (exact) mass is 472 g/mol. The summed E-state index contributed by atoms with van der Waals surface area (Å²) in [6.45, 7) is 11.0. The molecule has 0 unspecified atom stereocenters. The number of fused-ring (bicyclic) bond motifs is 1. The lowest BCUT2D eigenvalue weighted by Gasteiger charge is -2.38. The highest BCUT2D eigenvalue weighted by Gasteiger charge is 2.38. The normalized spacial score (nSPS) is 15.6. The van der Waals surface area contributed by atoms with Crippen molar-refractivity contribution in [3.63, 3.8) is 0 Å². The summed E-state index contributed by atoms with van der Waals surface area (Å²) >= 11 is 0. The van der Waals surface area contributed by atoms with E-state index in [9.17, 15) is 9.65 Å². The van der Waals surface area contributed by atoms with Crippen LogP contribution in [0.2, 0.25) is 18.1 Å². The number of para-hydroxylation sites is 1. The molecule has 1 aliphatic carbocycles. The molecule has 176 valence electrons. The third-order valence-electron chi connectivity index (χ3n) is 7.08. The Hall–Kier alpha value is -2.81. The maximum atomic E-state index is 13.8. The summed E-state index contributed by atoms with van der Waals surface area (Å²) in [5, 5.41) is 10.6. The van der Waals surface area contributed by atoms with Crippen molar-refractivity contribution in [2.75, 3.05) is 0 Å². The SMILES string of the molecule is CC(C)(C)[Si](C)(C)O[C@H](/C=C/c1c(C2CC2)nc2ccccc2c1-c1ccc(F)cc1)CC#N. The molecule has 0 aliphatic heterocycles. The fourth-order valence-corrected chi connectivity index (χ4v) is 5.28. The summed E-state index contributed by atoms with van der Waals surface area (Å²) < 4.78 is 20.3. The zero-order valence-corrected chi connectivity index (χ0v) is 21.7. The van der Waals surface area contributed by atoms with Gasteiger partial charge in [-0.2, -0.15) is 5.26 Å². The van der Waals surface area contributed by atoms with E-state index in [-0.39, 0.29) is 17.0 Å². The summed E-state index contributed by atoms with van der Waals surface area (Å²) in [6, 6.07) is 17.1. The molecule has 34 heavy (non-hydrogen) atoms. The zero-order chi connectivity index (χ0) is 24.5. The Morgan fingerprint density at radius 2 is 1.82 bits per heavy atom. The van der Waals surface area contributed by atoms with E-state index in [2.05, 4.69) is 52.1 Å². The number of nitrogens with zero attached hydrogens (tertiary/aromatic N) is 2. The third kappa shape index (κ3) is 5.14. The molecule has 0 spiro atoms. The summed E-state index contributed by atoms with van der Waals surface area (Å²) in [4.78, 5) is 5.06. The fourth-order valence-electron chi connectivity index (χ4n) is 4.01. The fraction of sp³-hybridized carbons (Fsp3) is 0.379. The molecule has 1 aliphatic rings. The minimum atomic E-state index is -2.05. The van der Waals surface area contributed by atoms with Crippen molar-refractivity contribution in [2.45, 2.75) is 70.2 Å². The number of hydrogen-bond donors (Lipinski definition) is 0. The van der Waals surface area contributed by atoms with Crippen molar-refractivity contribution < 1.29 is 8.82 Å². The van der Waals surface area contributed by atoms with E-state index in [4.69, 9.17) is 9.41 Å². The van der Waals surface area contributed by atoms with Crippen LogP contribution in [0.3, 0.4) is 0 Å². The van der Waals surface area contributed by atoms with Gasteiger partial charge in [-0.1, -0.05) is 63.3 Å². The van der Waals surface area contributed by atoms with Crippen molar-refractivity contribution in [1.29, 1.82) is 5.26 Å². The van der Waals surface area contributed by atoms with Crippen LogP contribution in [0.5, 0.6) is 0 Å². The first-order valence-corrected chi connectivity index (χ1v) is 14.9. The van der Waals surface area contributed by atoms with Crippen molar-refractivity contribution in [2.24, 2.45) is 0 Å². The average Bonchev–Trinajstić information content (AvgIpc) is 3.62. The van der Waals surface area contributed by atoms with Gasteiger partial charge < -0.3 is 4.43 Å². The van der Waals surface area contributed by atoms with E-state index in [1.807, 2.05) is 36.4 Å². The maximum Gasteiger partial charge on any atom is 0.192 e. The molecular formula is C29H33FN2OSi. The summed E-state index contributed by atoms with van der Waals surface area (Å²) in [7, 11) is -2.05. The Balaban J connectivity index is 1.86. The van der Waals surface area contributed by atoms with Gasteiger partial charge in [-0.15, -0.1) is 0 Å². The Morgan fingerprint density at radius 1 is 1.15 bits per heavy atom. The van der Waals surface area contributed by atoms with Crippen LogP contribution in [0.4, 0.5) is 4.39 Å². The van der Waals surface area contributed by atoms with Crippen LogP contribution in [0.1, 0.15) is 57.2 Å². The Labute approximate surface area is 203 Å². The highest BCUT2D eigenvalue weighted by Crippen LogP contribution is 2.45. The van der Waals surface area contributed by atoms with Crippen LogP contribution >= 0.6 is 0 Å². The molecule has 0 N–H and O–H groups in total. The molecule has 1 fully saturated rings. The predicted octanol–water partition coefficient (Wildman–Crippen LogP) is 8.24. The molecular weight excluding hydrogens is 439 g/mol. The Bertz CT molecular complexity index is 1250. The van der Waals surface area contributed by atoms with Crippen molar-refractivity contribution in [1.82, 2.24) is 4.98 Å². The Morgan fingerprint density at radius 3 is 2.44 bits per heavy atom. The molecule has 0 saturated heterocycles. The first-order chi connectivity index (χ1) is 16.1. The van der Waals surface area contributed by atoms with Gasteiger partial charge >= 0.3 is 0 Å². The van der Waals surface area contributed by atoms with Crippen LogP contribution in [0.25, 0.3) is 28.1 Å². The van der Waals surface area contributed by atoms with Gasteiger partial charge in [-0.3, -0.25) is 4.98 Å². The van der Waals surface area contributed by atoms with E-state index in [0.29, 0.717) is 12.3 Å². The molecule has 4 rings (SSSR count). The molecule has 1 heterocycles. The van der Waals surface area contributed by atoms with Crippen LogP contribution in [0, 0.1) is 17.1 Å². The van der Waals surface area contributed by atoms with Gasteiger partial charge in [-0.25, -0.2) is 4.39 Å². The topological polar surface area (TPSA) is 45.9 Å². The van der Waals surface area contributed by atoms with Gasteiger partial charge in [0.1, 0.15) is 5.82 Å². The first-order valence-electron chi connectivity index (χ1n) is 12.0. The third-order valence-corrected chi connectivity index (χ3v) is 11.6. The molecule has 0 bridgehead atoms. The van der Waals surface area contributed by atoms with Crippen LogP contribution in [-0.4, -0.2) is 19.4 Å². The second-order valence-electron chi connectivity index (χ2n) is 10.7. The van der Waals surface area contributed by atoms with Crippen LogP contribution in [-0.2, 0) is 4.43 Å². The Kier molecular flexibility index (Phi) is 6.75. The molecule has 0 radical (unpaired) electrons. The van der Waals surface area contributed by atoms with Gasteiger partial charge in [0.05, 0.1) is 29.8 Å². The molecule has 5 heteroatoms. The average molecular weight is 473 g/mol. The number of rotatable bonds is 7. The van der Waals surface area contributed by atoms with Gasteiger partial charge in [0.2, 0.25) is 0 Å². The first kappa shape index (κ1) is 24.3. The van der Waals surface area contributed by atoms with Crippen LogP contribution in [0.15, 0.2) is 54.6 Å². The summed E-state index contributed by atoms with van der Waals surface area (Å²) in [5.41, 5.74) is 5.11. The number of nitriles is 1. The standard InChI is InChI=1S/C29H33FN2OSi/c1-29(2,3)34(4,5)33-23(18-19-31)16-17-25-27(20-12-14-22(30)15-13-20)24-8-6-7-9-26(24)32-28(25)21-10-11-21/h6-9,12-17,21,23H,10-11,18H2,1-5H3/b17-16+/t23-/m1/s1. The second-order valence-corrected chi connectivity index (χ2v) is 15.5. The number of pyridine rings is 1. The maximum absolute atomic E-state index is 13.8. The number of aromatic nitrogens is 1. The lowest BCUT2D eigenvalue weighted by molar-refractivity contribution is 0.230. The van der Waals surface area contributed by atoms with Gasteiger partial charge in [0, 0.05) is 22.4 Å². The lowest BCUT2D eigenvalue weighted by atomic mass is 9.92. The zero-order valence-electron chi connectivity index (χ0n) is 20.7. The van der Waals surface area contributed by atoms with Gasteiger partial charge in [0.25, 0.3) is 0 Å². The van der Waals surface area contributed by atoms with Crippen molar-refractivity contribution in [3.05, 3.63) is 71.7 Å². The predicted molar refractivity (Wildman–Crippen MR) is 140 cm³/mol. The van der Waals surface area contributed by atoms with E-state index in [1.54, 1.807) is 0 Å². The van der Waals surface area contributed by atoms with Gasteiger partial charge in [-0.05, 0) is 54.7 Å². The van der Waals surface area contributed by atoms with Crippen molar-refractivity contribution >= 4 is 25.3 Å². The van der Waals surface area contributed by atoms with Crippen molar-refractivity contribution in [3.8, 4) is 17.2 Å². The van der Waals surface area contributed by atoms with E-state index < -0.39 is 8.32 Å². The van der Waals surface area contributed by atoms with E-state index in [0.717, 1.165) is 46.1 Å². The number of halogens is 1. The smallest absolute Gasteiger partial charge is 0.192 e. The molecule has 3 aromatic rings. The largest absolute Gasteiger partial charge is 0.409 e. The quantitative estimate of drug-likeness (QED) is 0.325. The molecule has 1 aromatic heterocycles. The number of benzene rings is 2. The molecule has 1 saturated carbocycles. The molecule has 2 aromatic carbocycles. The second kappa shape index (κ2) is 9.44. The molecule has 1 atom stereocenters. The summed E-state index contributed by atoms with van der Waals surface area (Å²) in [6.07, 6.45) is 6.39. The van der Waals surface area contributed by atoms with E-state index >= 15 is 0 Å². The highest BCUT2D eigenvalue weighted by molar-refractivity contribution is 6.74. The lowest BCUT2D eigenvalue weighted by Crippen LogP contribution is -2.43. The minimum absolute atomic E-state index is 0.0531. The van der Waals surface area contributed by atoms with Crippen LogP contribution < -0.4 is 0 Å². The van der Waals surface area contributed by atoms with Gasteiger partial charge in [0.15, 0.2) is 8.32 Å².